The zero-order valence-corrected chi connectivity index (χ0v) is 11.7. The first-order chi connectivity index (χ1) is 8.68. The summed E-state index contributed by atoms with van der Waals surface area (Å²) in [5.74, 6) is 0.0679. The van der Waals surface area contributed by atoms with E-state index in [1.807, 2.05) is 6.07 Å². The molecule has 1 aliphatic rings. The molecule has 1 unspecified atom stereocenters. The van der Waals surface area contributed by atoms with Crippen molar-refractivity contribution in [3.05, 3.63) is 28.2 Å². The van der Waals surface area contributed by atoms with Gasteiger partial charge in [0, 0.05) is 10.5 Å². The first kappa shape index (κ1) is 13.4. The summed E-state index contributed by atoms with van der Waals surface area (Å²) in [5.41, 5.74) is 5.77. The van der Waals surface area contributed by atoms with Crippen LogP contribution in [0.1, 0.15) is 29.6 Å². The zero-order chi connectivity index (χ0) is 13.0. The summed E-state index contributed by atoms with van der Waals surface area (Å²) in [6, 6.07) is 5.75. The number of piperidine rings is 1. The molecule has 1 aromatic carbocycles. The second kappa shape index (κ2) is 6.20. The second-order valence-electron chi connectivity index (χ2n) is 4.44. The smallest absolute Gasteiger partial charge is 0.253 e. The highest BCUT2D eigenvalue weighted by Crippen LogP contribution is 2.26. The van der Waals surface area contributed by atoms with Crippen LogP contribution < -0.4 is 15.8 Å². The van der Waals surface area contributed by atoms with Crippen LogP contribution >= 0.6 is 15.9 Å². The van der Waals surface area contributed by atoms with Crippen molar-refractivity contribution in [3.8, 4) is 5.75 Å². The molecule has 2 rings (SSSR count). The summed E-state index contributed by atoms with van der Waals surface area (Å²) in [5, 5.41) is 3.40. The lowest BCUT2D eigenvalue weighted by Crippen LogP contribution is -2.38. The predicted molar refractivity (Wildman–Crippen MR) is 73.8 cm³/mol. The van der Waals surface area contributed by atoms with Crippen molar-refractivity contribution in [2.45, 2.75) is 25.3 Å². The lowest BCUT2D eigenvalue weighted by atomic mass is 10.1. The molecule has 0 aromatic heterocycles. The molecule has 18 heavy (non-hydrogen) atoms. The van der Waals surface area contributed by atoms with Crippen molar-refractivity contribution >= 4 is 21.8 Å². The Morgan fingerprint density at radius 3 is 3.00 bits per heavy atom. The fourth-order valence-corrected chi connectivity index (χ4v) is 2.66. The van der Waals surface area contributed by atoms with E-state index in [2.05, 4.69) is 21.2 Å². The summed E-state index contributed by atoms with van der Waals surface area (Å²) in [6.07, 6.45) is 3.56. The van der Waals surface area contributed by atoms with Crippen LogP contribution in [0, 0.1) is 0 Å². The Balaban J connectivity index is 2.04. The normalized spacial score (nSPS) is 19.5. The van der Waals surface area contributed by atoms with E-state index in [1.165, 1.54) is 12.8 Å². The van der Waals surface area contributed by atoms with Crippen LogP contribution in [0.5, 0.6) is 5.75 Å². The van der Waals surface area contributed by atoms with Gasteiger partial charge in [-0.25, -0.2) is 0 Å². The van der Waals surface area contributed by atoms with Gasteiger partial charge in [-0.05, 0) is 47.4 Å². The molecule has 0 bridgehead atoms. The lowest BCUT2D eigenvalue weighted by Gasteiger charge is -2.24. The van der Waals surface area contributed by atoms with E-state index in [4.69, 9.17) is 10.5 Å². The van der Waals surface area contributed by atoms with Crippen LogP contribution in [0.2, 0.25) is 0 Å². The maximum absolute atomic E-state index is 11.4. The number of hydrogen-bond donors (Lipinski definition) is 2. The number of halogens is 1. The third-order valence-electron chi connectivity index (χ3n) is 3.07. The Morgan fingerprint density at radius 1 is 1.50 bits per heavy atom. The Kier molecular flexibility index (Phi) is 4.60. The van der Waals surface area contributed by atoms with Gasteiger partial charge in [0.25, 0.3) is 5.91 Å². The number of ether oxygens (including phenoxy) is 1. The van der Waals surface area contributed by atoms with Crippen LogP contribution in [0.4, 0.5) is 0 Å². The molecule has 1 amide bonds. The van der Waals surface area contributed by atoms with Gasteiger partial charge in [0.05, 0.1) is 5.56 Å². The Bertz CT molecular complexity index is 431. The van der Waals surface area contributed by atoms with Crippen molar-refractivity contribution in [3.63, 3.8) is 0 Å². The molecule has 1 saturated heterocycles. The van der Waals surface area contributed by atoms with Gasteiger partial charge in [-0.15, -0.1) is 0 Å². The maximum Gasteiger partial charge on any atom is 0.253 e. The molecule has 5 heteroatoms. The molecule has 1 heterocycles. The molecule has 1 aromatic rings. The molecular weight excluding hydrogens is 296 g/mol. The minimum absolute atomic E-state index is 0.360. The van der Waals surface area contributed by atoms with Crippen LogP contribution in [0.3, 0.4) is 0 Å². The first-order valence-electron chi connectivity index (χ1n) is 6.13. The van der Waals surface area contributed by atoms with Crippen molar-refractivity contribution in [2.24, 2.45) is 5.73 Å². The number of rotatable bonds is 4. The van der Waals surface area contributed by atoms with Crippen molar-refractivity contribution < 1.29 is 9.53 Å². The first-order valence-corrected chi connectivity index (χ1v) is 6.92. The molecule has 0 radical (unpaired) electrons. The van der Waals surface area contributed by atoms with Crippen molar-refractivity contribution in [1.82, 2.24) is 5.32 Å². The highest BCUT2D eigenvalue weighted by molar-refractivity contribution is 9.10. The molecule has 1 atom stereocenters. The summed E-state index contributed by atoms with van der Waals surface area (Å²) < 4.78 is 6.40. The molecular formula is C13H17BrN2O2. The monoisotopic (exact) mass is 312 g/mol. The van der Waals surface area contributed by atoms with Gasteiger partial charge in [0.2, 0.25) is 0 Å². The number of hydrogen-bond acceptors (Lipinski definition) is 3. The number of nitrogens with one attached hydrogen (secondary N) is 1. The van der Waals surface area contributed by atoms with E-state index < -0.39 is 5.91 Å². The number of benzene rings is 1. The minimum Gasteiger partial charge on any atom is -0.491 e. The third-order valence-corrected chi connectivity index (χ3v) is 3.74. The van der Waals surface area contributed by atoms with Crippen LogP contribution in [-0.4, -0.2) is 25.1 Å². The topological polar surface area (TPSA) is 64.4 Å². The highest BCUT2D eigenvalue weighted by Gasteiger charge is 2.17. The largest absolute Gasteiger partial charge is 0.491 e. The van der Waals surface area contributed by atoms with Gasteiger partial charge in [-0.2, -0.15) is 0 Å². The average molecular weight is 313 g/mol. The summed E-state index contributed by atoms with van der Waals surface area (Å²) >= 11 is 3.32. The van der Waals surface area contributed by atoms with Crippen molar-refractivity contribution in [2.75, 3.05) is 13.2 Å². The van der Waals surface area contributed by atoms with E-state index in [0.29, 0.717) is 28.4 Å². The number of amides is 1. The maximum atomic E-state index is 11.4. The van der Waals surface area contributed by atoms with Gasteiger partial charge in [-0.3, -0.25) is 4.79 Å². The van der Waals surface area contributed by atoms with Crippen molar-refractivity contribution in [1.29, 1.82) is 0 Å². The van der Waals surface area contributed by atoms with E-state index in [-0.39, 0.29) is 0 Å². The average Bonchev–Trinajstić information content (AvgIpc) is 2.37. The molecule has 98 valence electrons. The SMILES string of the molecule is NC(=O)c1c(Br)cccc1OCC1CCCCN1. The van der Waals surface area contributed by atoms with E-state index in [0.717, 1.165) is 13.0 Å². The van der Waals surface area contributed by atoms with Gasteiger partial charge in [-0.1, -0.05) is 12.5 Å². The molecule has 0 spiro atoms. The van der Waals surface area contributed by atoms with E-state index in [9.17, 15) is 4.79 Å². The quantitative estimate of drug-likeness (QED) is 0.894. The number of carbonyl (C=O) groups excluding carboxylic acids is 1. The fourth-order valence-electron chi connectivity index (χ4n) is 2.12. The molecule has 1 aliphatic heterocycles. The van der Waals surface area contributed by atoms with Crippen LogP contribution in [-0.2, 0) is 0 Å². The molecule has 0 aliphatic carbocycles. The lowest BCUT2D eigenvalue weighted by molar-refractivity contribution is 0.0994. The summed E-state index contributed by atoms with van der Waals surface area (Å²) in [7, 11) is 0. The molecule has 1 fully saturated rings. The summed E-state index contributed by atoms with van der Waals surface area (Å²) in [4.78, 5) is 11.4. The molecule has 0 saturated carbocycles. The summed E-state index contributed by atoms with van der Waals surface area (Å²) in [6.45, 7) is 1.60. The number of nitrogens with two attached hydrogens (primary N) is 1. The highest BCUT2D eigenvalue weighted by atomic mass is 79.9. The number of carbonyl (C=O) groups is 1. The third kappa shape index (κ3) is 3.23. The Hall–Kier alpha value is -1.07. The standard InChI is InChI=1S/C13H17BrN2O2/c14-10-5-3-6-11(12(10)13(15)17)18-8-9-4-1-2-7-16-9/h3,5-6,9,16H,1-2,4,7-8H2,(H2,15,17). The van der Waals surface area contributed by atoms with Gasteiger partial charge in [0.1, 0.15) is 12.4 Å². The van der Waals surface area contributed by atoms with E-state index >= 15 is 0 Å². The molecule has 3 N–H and O–H groups in total. The minimum atomic E-state index is -0.478. The van der Waals surface area contributed by atoms with Gasteiger partial charge in [0.15, 0.2) is 0 Å². The Morgan fingerprint density at radius 2 is 2.33 bits per heavy atom. The fraction of sp³-hybridized carbons (Fsp3) is 0.462. The second-order valence-corrected chi connectivity index (χ2v) is 5.29. The van der Waals surface area contributed by atoms with Gasteiger partial charge >= 0.3 is 0 Å². The van der Waals surface area contributed by atoms with Crippen LogP contribution in [0.25, 0.3) is 0 Å². The van der Waals surface area contributed by atoms with Crippen LogP contribution in [0.15, 0.2) is 22.7 Å². The predicted octanol–water partition coefficient (Wildman–Crippen LogP) is 2.07. The van der Waals surface area contributed by atoms with Gasteiger partial charge < -0.3 is 15.8 Å². The van der Waals surface area contributed by atoms with E-state index in [1.54, 1.807) is 12.1 Å². The molecule has 4 nitrogen and oxygen atoms in total. The zero-order valence-electron chi connectivity index (χ0n) is 10.1. The number of primary amides is 1. The Labute approximate surface area is 115 Å².